The molecule has 14 heteroatoms. The van der Waals surface area contributed by atoms with Crippen molar-refractivity contribution < 1.29 is 44.4 Å². The second kappa shape index (κ2) is 16.5. The molecule has 0 aliphatic carbocycles. The number of phenolic OH excluding ortho intramolecular Hbond substituents is 2. The number of nitrogens with one attached hydrogen (secondary N) is 3. The van der Waals surface area contributed by atoms with E-state index < -0.39 is 60.2 Å². The summed E-state index contributed by atoms with van der Waals surface area (Å²) in [6.45, 7) is 0.321. The van der Waals surface area contributed by atoms with Crippen LogP contribution in [0.15, 0.2) is 48.5 Å². The van der Waals surface area contributed by atoms with E-state index >= 15 is 0 Å². The van der Waals surface area contributed by atoms with Crippen LogP contribution in [-0.4, -0.2) is 80.8 Å². The maximum Gasteiger partial charge on any atom is 0.326 e. The third kappa shape index (κ3) is 11.4. The first-order valence-corrected chi connectivity index (χ1v) is 13.3. The summed E-state index contributed by atoms with van der Waals surface area (Å²) in [6.07, 6.45) is 0.190. The summed E-state index contributed by atoms with van der Waals surface area (Å²) in [6, 6.07) is 6.32. The molecule has 2 rings (SSSR count). The number of carbonyl (C=O) groups excluding carboxylic acids is 3. The fourth-order valence-corrected chi connectivity index (χ4v) is 4.01. The average Bonchev–Trinajstić information content (AvgIpc) is 2.93. The second-order valence-electron chi connectivity index (χ2n) is 9.75. The molecule has 14 nitrogen and oxygen atoms in total. The fraction of sp³-hybridized carbons (Fsp3) is 0.393. The summed E-state index contributed by atoms with van der Waals surface area (Å²) in [5.74, 6) is -5.12. The minimum atomic E-state index is -1.45. The Hall–Kier alpha value is -4.69. The third-order valence-corrected chi connectivity index (χ3v) is 6.31. The third-order valence-electron chi connectivity index (χ3n) is 6.31. The first kappa shape index (κ1) is 33.5. The number of aliphatic carboxylic acids is 2. The van der Waals surface area contributed by atoms with E-state index in [9.17, 15) is 39.3 Å². The van der Waals surface area contributed by atoms with E-state index in [1.54, 1.807) is 0 Å². The lowest BCUT2D eigenvalue weighted by Crippen LogP contribution is -2.58. The van der Waals surface area contributed by atoms with Gasteiger partial charge in [0.2, 0.25) is 17.7 Å². The van der Waals surface area contributed by atoms with Gasteiger partial charge in [-0.15, -0.1) is 0 Å². The molecule has 0 aliphatic rings. The molecule has 228 valence electrons. The van der Waals surface area contributed by atoms with Crippen molar-refractivity contribution in [2.75, 3.05) is 6.54 Å². The molecule has 0 heterocycles. The van der Waals surface area contributed by atoms with Crippen LogP contribution in [0.25, 0.3) is 0 Å². The molecular formula is C28H37N5O9. The van der Waals surface area contributed by atoms with Crippen LogP contribution in [0.4, 0.5) is 0 Å². The Labute approximate surface area is 242 Å². The fourth-order valence-electron chi connectivity index (χ4n) is 4.01. The van der Waals surface area contributed by atoms with Crippen LogP contribution in [-0.2, 0) is 36.8 Å². The molecule has 4 unspecified atom stereocenters. The van der Waals surface area contributed by atoms with Crippen LogP contribution in [0.2, 0.25) is 0 Å². The van der Waals surface area contributed by atoms with Crippen molar-refractivity contribution in [1.82, 2.24) is 16.0 Å². The lowest BCUT2D eigenvalue weighted by atomic mass is 10.0. The summed E-state index contributed by atoms with van der Waals surface area (Å²) in [4.78, 5) is 62.2. The number of amides is 3. The molecule has 0 saturated heterocycles. The number of nitrogens with two attached hydrogens (primary N) is 2. The topological polar surface area (TPSA) is 254 Å². The molecular weight excluding hydrogens is 550 g/mol. The monoisotopic (exact) mass is 587 g/mol. The van der Waals surface area contributed by atoms with Crippen LogP contribution in [0, 0.1) is 0 Å². The van der Waals surface area contributed by atoms with E-state index in [1.165, 1.54) is 48.5 Å². The molecule has 3 amide bonds. The zero-order valence-corrected chi connectivity index (χ0v) is 22.9. The Morgan fingerprint density at radius 1 is 0.667 bits per heavy atom. The van der Waals surface area contributed by atoms with Gasteiger partial charge in [-0.2, -0.15) is 0 Å². The highest BCUT2D eigenvalue weighted by atomic mass is 16.4. The molecule has 0 spiro atoms. The van der Waals surface area contributed by atoms with Crippen molar-refractivity contribution in [1.29, 1.82) is 0 Å². The molecule has 4 atom stereocenters. The Kier molecular flexibility index (Phi) is 13.2. The summed E-state index contributed by atoms with van der Waals surface area (Å²) < 4.78 is 0. The molecule has 0 aliphatic heterocycles. The van der Waals surface area contributed by atoms with Crippen LogP contribution in [0.1, 0.15) is 36.8 Å². The van der Waals surface area contributed by atoms with Gasteiger partial charge < -0.3 is 47.8 Å². The normalized spacial score (nSPS) is 13.7. The number of carbonyl (C=O) groups is 5. The van der Waals surface area contributed by atoms with Crippen LogP contribution in [0.3, 0.4) is 0 Å². The number of aromatic hydroxyl groups is 2. The van der Waals surface area contributed by atoms with Gasteiger partial charge in [0.1, 0.15) is 29.6 Å². The quantitative estimate of drug-likeness (QED) is 0.105. The van der Waals surface area contributed by atoms with Gasteiger partial charge in [-0.05, 0) is 61.2 Å². The van der Waals surface area contributed by atoms with E-state index in [0.29, 0.717) is 30.5 Å². The van der Waals surface area contributed by atoms with E-state index in [2.05, 4.69) is 16.0 Å². The van der Waals surface area contributed by atoms with E-state index in [4.69, 9.17) is 16.6 Å². The number of hydrogen-bond acceptors (Lipinski definition) is 9. The summed E-state index contributed by atoms with van der Waals surface area (Å²) in [5.41, 5.74) is 12.3. The molecule has 0 aromatic heterocycles. The van der Waals surface area contributed by atoms with Gasteiger partial charge in [-0.25, -0.2) is 4.79 Å². The number of carboxylic acids is 2. The largest absolute Gasteiger partial charge is 0.508 e. The molecule has 11 N–H and O–H groups in total. The van der Waals surface area contributed by atoms with E-state index in [1.807, 2.05) is 0 Å². The smallest absolute Gasteiger partial charge is 0.326 e. The molecule has 42 heavy (non-hydrogen) atoms. The Morgan fingerprint density at radius 3 is 1.60 bits per heavy atom. The summed E-state index contributed by atoms with van der Waals surface area (Å²) in [5, 5.41) is 45.2. The second-order valence-corrected chi connectivity index (χ2v) is 9.75. The van der Waals surface area contributed by atoms with E-state index in [-0.39, 0.29) is 30.8 Å². The Balaban J connectivity index is 2.25. The van der Waals surface area contributed by atoms with E-state index in [0.717, 1.165) is 0 Å². The van der Waals surface area contributed by atoms with Crippen LogP contribution < -0.4 is 27.4 Å². The minimum absolute atomic E-state index is 0.00444. The van der Waals surface area contributed by atoms with Crippen molar-refractivity contribution in [3.8, 4) is 11.5 Å². The van der Waals surface area contributed by atoms with Crippen LogP contribution in [0.5, 0.6) is 11.5 Å². The zero-order valence-electron chi connectivity index (χ0n) is 22.9. The van der Waals surface area contributed by atoms with Gasteiger partial charge in [0, 0.05) is 12.8 Å². The standard InChI is InChI=1S/C28H37N5O9/c29-12-2-1-3-21(26(39)33-23(28(41)42)14-17-6-10-19(35)11-7-17)31-27(40)22(13-16-4-8-18(34)9-5-16)32-25(38)20(30)15-24(36)37/h4-11,20-23,34-35H,1-3,12-15,29-30H2,(H,31,40)(H,32,38)(H,33,39)(H,36,37)(H,41,42). The zero-order chi connectivity index (χ0) is 31.2. The van der Waals surface area contributed by atoms with Gasteiger partial charge >= 0.3 is 11.9 Å². The highest BCUT2D eigenvalue weighted by Gasteiger charge is 2.31. The number of hydrogen-bond donors (Lipinski definition) is 9. The van der Waals surface area contributed by atoms with Crippen molar-refractivity contribution >= 4 is 29.7 Å². The van der Waals surface area contributed by atoms with Gasteiger partial charge in [-0.3, -0.25) is 19.2 Å². The molecule has 0 bridgehead atoms. The number of rotatable bonds is 17. The van der Waals surface area contributed by atoms with Gasteiger partial charge in [0.05, 0.1) is 12.5 Å². The molecule has 2 aromatic rings. The maximum absolute atomic E-state index is 13.4. The average molecular weight is 588 g/mol. The van der Waals surface area contributed by atoms with Gasteiger partial charge in [0.15, 0.2) is 0 Å². The first-order valence-electron chi connectivity index (χ1n) is 13.3. The molecule has 0 radical (unpaired) electrons. The minimum Gasteiger partial charge on any atom is -0.508 e. The number of benzene rings is 2. The molecule has 0 saturated carbocycles. The van der Waals surface area contributed by atoms with Crippen molar-refractivity contribution in [3.63, 3.8) is 0 Å². The Bertz CT molecular complexity index is 1220. The number of carboxylic acid groups (broad SMARTS) is 2. The van der Waals surface area contributed by atoms with Gasteiger partial charge in [0.25, 0.3) is 0 Å². The lowest BCUT2D eigenvalue weighted by Gasteiger charge is -2.25. The highest BCUT2D eigenvalue weighted by Crippen LogP contribution is 2.14. The van der Waals surface area contributed by atoms with Gasteiger partial charge in [-0.1, -0.05) is 24.3 Å². The van der Waals surface area contributed by atoms with Crippen LogP contribution >= 0.6 is 0 Å². The predicted molar refractivity (Wildman–Crippen MR) is 150 cm³/mol. The first-order chi connectivity index (χ1) is 19.9. The summed E-state index contributed by atoms with van der Waals surface area (Å²) >= 11 is 0. The Morgan fingerprint density at radius 2 is 1.12 bits per heavy atom. The highest BCUT2D eigenvalue weighted by molar-refractivity contribution is 5.95. The SMILES string of the molecule is NCCCCC(NC(=O)C(Cc1ccc(O)cc1)NC(=O)C(N)CC(=O)O)C(=O)NC(Cc1ccc(O)cc1)C(=O)O. The van der Waals surface area contributed by atoms with Crippen molar-refractivity contribution in [2.24, 2.45) is 11.5 Å². The van der Waals surface area contributed by atoms with Crippen molar-refractivity contribution in [2.45, 2.75) is 62.7 Å². The van der Waals surface area contributed by atoms with Crippen molar-refractivity contribution in [3.05, 3.63) is 59.7 Å². The number of unbranched alkanes of at least 4 members (excludes halogenated alkanes) is 1. The number of phenols is 2. The molecule has 2 aromatic carbocycles. The summed E-state index contributed by atoms with van der Waals surface area (Å²) in [7, 11) is 0. The predicted octanol–water partition coefficient (Wildman–Crippen LogP) is -0.647. The maximum atomic E-state index is 13.4. The lowest BCUT2D eigenvalue weighted by molar-refractivity contribution is -0.142. The molecule has 0 fully saturated rings.